The molecule has 1 atom stereocenters. The van der Waals surface area contributed by atoms with Crippen LogP contribution in [0.3, 0.4) is 0 Å². The zero-order chi connectivity index (χ0) is 9.19. The lowest BCUT2D eigenvalue weighted by Gasteiger charge is -2.31. The Labute approximate surface area is 75.8 Å². The van der Waals surface area contributed by atoms with Gasteiger partial charge in [0.25, 0.3) is 0 Å². The van der Waals surface area contributed by atoms with E-state index >= 15 is 0 Å². The molecule has 1 aliphatic carbocycles. The monoisotopic (exact) mass is 186 g/mol. The quantitative estimate of drug-likeness (QED) is 0.485. The highest BCUT2D eigenvalue weighted by molar-refractivity contribution is 6.71. The topological polar surface area (TPSA) is 18.5 Å². The first-order valence-corrected chi connectivity index (χ1v) is 6.48. The van der Waals surface area contributed by atoms with Gasteiger partial charge >= 0.3 is 8.56 Å². The zero-order valence-electron chi connectivity index (χ0n) is 8.17. The van der Waals surface area contributed by atoms with Gasteiger partial charge in [0.15, 0.2) is 0 Å². The summed E-state index contributed by atoms with van der Waals surface area (Å²) in [6.07, 6.45) is 4.09. The first-order chi connectivity index (χ1) is 5.67. The zero-order valence-corrected chi connectivity index (χ0v) is 9.17. The third-order valence-corrected chi connectivity index (χ3v) is 7.04. The van der Waals surface area contributed by atoms with Gasteiger partial charge in [0.2, 0.25) is 0 Å². The summed E-state index contributed by atoms with van der Waals surface area (Å²) in [5, 5.41) is 0. The van der Waals surface area contributed by atoms with Crippen LogP contribution in [0.1, 0.15) is 26.7 Å². The minimum Gasteiger partial charge on any atom is -0.527 e. The maximum Gasteiger partial charge on any atom is 0.404 e. The van der Waals surface area contributed by atoms with Gasteiger partial charge in [0, 0.05) is 18.2 Å². The fraction of sp³-hybridized carbons (Fsp3) is 0.778. The van der Waals surface area contributed by atoms with E-state index in [2.05, 4.69) is 20.4 Å². The van der Waals surface area contributed by atoms with Crippen LogP contribution >= 0.6 is 0 Å². The molecule has 0 amide bonds. The standard InChI is InChI=1S/C9H18O2Si/c1-5-11-12(10-4,8(2)3)9-6-7-9/h5,8-9H,1,6-7H2,2-4H3. The highest BCUT2D eigenvalue weighted by Crippen LogP contribution is 2.50. The van der Waals surface area contributed by atoms with E-state index in [1.807, 2.05) is 0 Å². The van der Waals surface area contributed by atoms with Crippen LogP contribution in [0.5, 0.6) is 0 Å². The second kappa shape index (κ2) is 3.62. The molecule has 70 valence electrons. The summed E-state index contributed by atoms with van der Waals surface area (Å²) in [5.41, 5.74) is 1.20. The van der Waals surface area contributed by atoms with Crippen LogP contribution in [0.15, 0.2) is 12.8 Å². The van der Waals surface area contributed by atoms with E-state index in [0.29, 0.717) is 11.1 Å². The van der Waals surface area contributed by atoms with Crippen molar-refractivity contribution in [3.05, 3.63) is 12.8 Å². The minimum atomic E-state index is -1.93. The third-order valence-electron chi connectivity index (χ3n) is 2.54. The Balaban J connectivity index is 2.70. The van der Waals surface area contributed by atoms with Crippen LogP contribution in [0.2, 0.25) is 11.1 Å². The Kier molecular flexibility index (Phi) is 2.96. The molecule has 1 fully saturated rings. The van der Waals surface area contributed by atoms with Crippen LogP contribution in [0, 0.1) is 0 Å². The highest BCUT2D eigenvalue weighted by Gasteiger charge is 2.54. The van der Waals surface area contributed by atoms with Crippen molar-refractivity contribution in [2.75, 3.05) is 7.11 Å². The SMILES string of the molecule is C=CO[Si](OC)(C(C)C)C1CC1. The first kappa shape index (κ1) is 9.80. The summed E-state index contributed by atoms with van der Waals surface area (Å²) < 4.78 is 11.3. The lowest BCUT2D eigenvalue weighted by Crippen LogP contribution is -2.43. The van der Waals surface area contributed by atoms with Gasteiger partial charge < -0.3 is 8.85 Å². The van der Waals surface area contributed by atoms with Gasteiger partial charge in [0.1, 0.15) is 0 Å². The summed E-state index contributed by atoms with van der Waals surface area (Å²) in [6, 6.07) is 0. The van der Waals surface area contributed by atoms with Gasteiger partial charge in [-0.3, -0.25) is 0 Å². The van der Waals surface area contributed by atoms with Gasteiger partial charge in [-0.2, -0.15) is 0 Å². The number of rotatable bonds is 5. The van der Waals surface area contributed by atoms with Crippen LogP contribution in [0.25, 0.3) is 0 Å². The van der Waals surface area contributed by atoms with Crippen molar-refractivity contribution in [3.8, 4) is 0 Å². The molecule has 0 aromatic carbocycles. The summed E-state index contributed by atoms with van der Waals surface area (Å²) in [7, 11) is -0.159. The molecule has 0 saturated heterocycles. The van der Waals surface area contributed by atoms with E-state index in [1.54, 1.807) is 13.4 Å². The van der Waals surface area contributed by atoms with Gasteiger partial charge in [-0.25, -0.2) is 0 Å². The van der Waals surface area contributed by atoms with E-state index in [1.165, 1.54) is 12.8 Å². The van der Waals surface area contributed by atoms with Crippen molar-refractivity contribution in [1.29, 1.82) is 0 Å². The van der Waals surface area contributed by atoms with Crippen molar-refractivity contribution in [2.45, 2.75) is 37.8 Å². The normalized spacial score (nSPS) is 22.0. The van der Waals surface area contributed by atoms with Crippen molar-refractivity contribution >= 4 is 8.56 Å². The summed E-state index contributed by atoms with van der Waals surface area (Å²) >= 11 is 0. The van der Waals surface area contributed by atoms with Crippen LogP contribution < -0.4 is 0 Å². The molecule has 0 radical (unpaired) electrons. The lowest BCUT2D eigenvalue weighted by molar-refractivity contribution is 0.257. The van der Waals surface area contributed by atoms with Crippen molar-refractivity contribution < 1.29 is 8.85 Å². The second-order valence-corrected chi connectivity index (χ2v) is 7.70. The first-order valence-electron chi connectivity index (χ1n) is 4.51. The third kappa shape index (κ3) is 1.57. The Morgan fingerprint density at radius 1 is 1.50 bits per heavy atom. The molecule has 0 spiro atoms. The maximum absolute atomic E-state index is 5.64. The summed E-state index contributed by atoms with van der Waals surface area (Å²) in [5.74, 6) is 0. The maximum atomic E-state index is 5.64. The fourth-order valence-corrected chi connectivity index (χ4v) is 5.31. The lowest BCUT2D eigenvalue weighted by atomic mass is 10.6. The van der Waals surface area contributed by atoms with Crippen LogP contribution in [-0.4, -0.2) is 15.7 Å². The number of hydrogen-bond acceptors (Lipinski definition) is 2. The molecular weight excluding hydrogens is 168 g/mol. The minimum absolute atomic E-state index is 0.507. The van der Waals surface area contributed by atoms with Gasteiger partial charge in [0.05, 0.1) is 6.26 Å². The molecule has 0 bridgehead atoms. The molecule has 0 heterocycles. The average Bonchev–Trinajstić information content (AvgIpc) is 2.82. The second-order valence-electron chi connectivity index (χ2n) is 3.64. The highest BCUT2D eigenvalue weighted by atomic mass is 28.4. The predicted molar refractivity (Wildman–Crippen MR) is 52.1 cm³/mol. The van der Waals surface area contributed by atoms with E-state index in [0.717, 1.165) is 0 Å². The van der Waals surface area contributed by atoms with E-state index in [-0.39, 0.29) is 0 Å². The predicted octanol–water partition coefficient (Wildman–Crippen LogP) is 2.81. The summed E-state index contributed by atoms with van der Waals surface area (Å²) in [4.78, 5) is 0. The summed E-state index contributed by atoms with van der Waals surface area (Å²) in [6.45, 7) is 7.97. The average molecular weight is 186 g/mol. The molecule has 0 aromatic rings. The molecule has 0 N–H and O–H groups in total. The molecular formula is C9H18O2Si. The smallest absolute Gasteiger partial charge is 0.404 e. The van der Waals surface area contributed by atoms with Crippen molar-refractivity contribution in [1.82, 2.24) is 0 Å². The molecule has 1 unspecified atom stereocenters. The van der Waals surface area contributed by atoms with E-state index < -0.39 is 8.56 Å². The largest absolute Gasteiger partial charge is 0.527 e. The Morgan fingerprint density at radius 2 is 2.08 bits per heavy atom. The molecule has 1 aliphatic rings. The molecule has 3 heteroatoms. The fourth-order valence-electron chi connectivity index (χ4n) is 1.77. The molecule has 2 nitrogen and oxygen atoms in total. The van der Waals surface area contributed by atoms with Crippen LogP contribution in [-0.2, 0) is 8.85 Å². The van der Waals surface area contributed by atoms with Gasteiger partial charge in [-0.15, -0.1) is 0 Å². The molecule has 0 aliphatic heterocycles. The Bertz CT molecular complexity index is 162. The molecule has 0 aromatic heterocycles. The van der Waals surface area contributed by atoms with E-state index in [9.17, 15) is 0 Å². The Hall–Kier alpha value is -0.283. The molecule has 12 heavy (non-hydrogen) atoms. The Morgan fingerprint density at radius 3 is 2.33 bits per heavy atom. The number of hydrogen-bond donors (Lipinski definition) is 0. The molecule has 1 rings (SSSR count). The molecule has 1 saturated carbocycles. The van der Waals surface area contributed by atoms with Crippen molar-refractivity contribution in [3.63, 3.8) is 0 Å². The van der Waals surface area contributed by atoms with Gasteiger partial charge in [-0.1, -0.05) is 20.4 Å². The van der Waals surface area contributed by atoms with E-state index in [4.69, 9.17) is 8.85 Å². The van der Waals surface area contributed by atoms with Crippen molar-refractivity contribution in [2.24, 2.45) is 0 Å². The van der Waals surface area contributed by atoms with Crippen LogP contribution in [0.4, 0.5) is 0 Å². The van der Waals surface area contributed by atoms with Gasteiger partial charge in [-0.05, 0) is 12.8 Å².